The van der Waals surface area contributed by atoms with Crippen LogP contribution < -0.4 is 10.5 Å². The first-order valence-corrected chi connectivity index (χ1v) is 8.97. The first-order chi connectivity index (χ1) is 12.1. The number of amides is 1. The topological polar surface area (TPSA) is 55.6 Å². The molecule has 0 aromatic heterocycles. The van der Waals surface area contributed by atoms with Gasteiger partial charge in [0.25, 0.3) is 0 Å². The zero-order chi connectivity index (χ0) is 17.6. The Morgan fingerprint density at radius 3 is 2.50 bits per heavy atom. The molecule has 4 nitrogen and oxygen atoms in total. The maximum Gasteiger partial charge on any atom is 0.226 e. The number of hydrogen-bond donors (Lipinski definition) is 1. The quantitative estimate of drug-likeness (QED) is 0.837. The zero-order valence-corrected chi connectivity index (χ0v) is 16.1. The van der Waals surface area contributed by atoms with Gasteiger partial charge >= 0.3 is 0 Å². The van der Waals surface area contributed by atoms with Gasteiger partial charge in [-0.05, 0) is 48.2 Å². The van der Waals surface area contributed by atoms with Crippen molar-refractivity contribution < 1.29 is 9.53 Å². The van der Waals surface area contributed by atoms with Gasteiger partial charge in [0.2, 0.25) is 5.91 Å². The molecule has 2 aromatic carbocycles. The highest BCUT2D eigenvalue weighted by Crippen LogP contribution is 2.18. The van der Waals surface area contributed by atoms with Crippen LogP contribution in [0.25, 0.3) is 0 Å². The van der Waals surface area contributed by atoms with Crippen molar-refractivity contribution in [2.45, 2.75) is 31.9 Å². The van der Waals surface area contributed by atoms with Crippen LogP contribution in [0.15, 0.2) is 48.5 Å². The van der Waals surface area contributed by atoms with Crippen LogP contribution >= 0.6 is 24.0 Å². The van der Waals surface area contributed by atoms with E-state index in [1.165, 1.54) is 0 Å². The molecule has 140 valence electrons. The second-order valence-electron chi connectivity index (χ2n) is 6.46. The van der Waals surface area contributed by atoms with Crippen molar-refractivity contribution in [3.8, 4) is 5.75 Å². The molecule has 1 saturated heterocycles. The maximum absolute atomic E-state index is 12.4. The van der Waals surface area contributed by atoms with E-state index in [1.54, 1.807) is 0 Å². The molecule has 3 rings (SSSR count). The van der Waals surface area contributed by atoms with Gasteiger partial charge < -0.3 is 15.4 Å². The second-order valence-corrected chi connectivity index (χ2v) is 6.89. The third-order valence-corrected chi connectivity index (χ3v) is 4.72. The number of nitrogens with zero attached hydrogens (tertiary/aromatic N) is 1. The van der Waals surface area contributed by atoms with Crippen molar-refractivity contribution in [3.05, 3.63) is 64.7 Å². The van der Waals surface area contributed by atoms with Gasteiger partial charge in [-0.25, -0.2) is 0 Å². The Hall–Kier alpha value is -1.75. The van der Waals surface area contributed by atoms with Gasteiger partial charge in [-0.1, -0.05) is 35.9 Å². The third kappa shape index (κ3) is 5.90. The molecule has 0 spiro atoms. The minimum absolute atomic E-state index is 0. The van der Waals surface area contributed by atoms with Crippen LogP contribution in [0.1, 0.15) is 24.0 Å². The monoisotopic (exact) mass is 394 g/mol. The average Bonchev–Trinajstić information content (AvgIpc) is 2.62. The van der Waals surface area contributed by atoms with Gasteiger partial charge in [-0.3, -0.25) is 4.79 Å². The van der Waals surface area contributed by atoms with E-state index in [1.807, 2.05) is 53.4 Å². The van der Waals surface area contributed by atoms with E-state index in [4.69, 9.17) is 22.1 Å². The van der Waals surface area contributed by atoms with E-state index < -0.39 is 0 Å². The fraction of sp³-hybridized carbons (Fsp3) is 0.350. The zero-order valence-electron chi connectivity index (χ0n) is 14.6. The predicted octanol–water partition coefficient (Wildman–Crippen LogP) is 3.83. The summed E-state index contributed by atoms with van der Waals surface area (Å²) < 4.78 is 5.83. The lowest BCUT2D eigenvalue weighted by Gasteiger charge is -2.30. The Morgan fingerprint density at radius 2 is 1.81 bits per heavy atom. The Kier molecular flexibility index (Phi) is 7.76. The molecule has 0 atom stereocenters. The molecule has 0 aliphatic carbocycles. The standard InChI is InChI=1S/C20H23ClN2O2.ClH/c21-17-6-4-15(5-7-17)14-25-19-3-1-2-16(12-19)13-20(24)23-10-8-18(22)9-11-23;/h1-7,12,18H,8-11,13-14,22H2;1H. The predicted molar refractivity (Wildman–Crippen MR) is 107 cm³/mol. The summed E-state index contributed by atoms with van der Waals surface area (Å²) in [5.74, 6) is 0.919. The molecular weight excluding hydrogens is 371 g/mol. The van der Waals surface area contributed by atoms with Crippen molar-refractivity contribution in [2.75, 3.05) is 13.1 Å². The van der Waals surface area contributed by atoms with Crippen LogP contribution in [-0.4, -0.2) is 29.9 Å². The highest BCUT2D eigenvalue weighted by molar-refractivity contribution is 6.30. The molecule has 1 heterocycles. The van der Waals surface area contributed by atoms with Gasteiger partial charge in [-0.15, -0.1) is 12.4 Å². The molecule has 2 aromatic rings. The van der Waals surface area contributed by atoms with Gasteiger partial charge in [0.1, 0.15) is 12.4 Å². The lowest BCUT2D eigenvalue weighted by molar-refractivity contribution is -0.131. The minimum Gasteiger partial charge on any atom is -0.489 e. The molecule has 0 radical (unpaired) electrons. The van der Waals surface area contributed by atoms with Crippen LogP contribution in [-0.2, 0) is 17.8 Å². The van der Waals surface area contributed by atoms with Gasteiger partial charge in [0.15, 0.2) is 0 Å². The van der Waals surface area contributed by atoms with Crippen LogP contribution in [0, 0.1) is 0 Å². The lowest BCUT2D eigenvalue weighted by Crippen LogP contribution is -2.43. The number of benzene rings is 2. The molecular formula is C20H24Cl2N2O2. The first-order valence-electron chi connectivity index (χ1n) is 8.60. The Balaban J connectivity index is 0.00000243. The normalized spacial score (nSPS) is 14.6. The summed E-state index contributed by atoms with van der Waals surface area (Å²) >= 11 is 5.89. The number of likely N-dealkylation sites (tertiary alicyclic amines) is 1. The molecule has 26 heavy (non-hydrogen) atoms. The number of carbonyl (C=O) groups is 1. The number of carbonyl (C=O) groups excluding carboxylic acids is 1. The molecule has 1 fully saturated rings. The van der Waals surface area contributed by atoms with E-state index >= 15 is 0 Å². The molecule has 0 unspecified atom stereocenters. The van der Waals surface area contributed by atoms with Crippen molar-refractivity contribution >= 4 is 29.9 Å². The largest absolute Gasteiger partial charge is 0.489 e. The molecule has 1 amide bonds. The molecule has 6 heteroatoms. The van der Waals surface area contributed by atoms with Gasteiger partial charge in [-0.2, -0.15) is 0 Å². The number of hydrogen-bond acceptors (Lipinski definition) is 3. The van der Waals surface area contributed by atoms with E-state index in [0.717, 1.165) is 42.8 Å². The highest BCUT2D eigenvalue weighted by atomic mass is 35.5. The highest BCUT2D eigenvalue weighted by Gasteiger charge is 2.20. The van der Waals surface area contributed by atoms with E-state index in [0.29, 0.717) is 18.1 Å². The van der Waals surface area contributed by atoms with Crippen LogP contribution in [0.5, 0.6) is 5.75 Å². The number of ether oxygens (including phenoxy) is 1. The number of piperidine rings is 1. The Morgan fingerprint density at radius 1 is 1.12 bits per heavy atom. The van der Waals surface area contributed by atoms with Crippen LogP contribution in [0.3, 0.4) is 0 Å². The number of nitrogens with two attached hydrogens (primary N) is 1. The summed E-state index contributed by atoms with van der Waals surface area (Å²) in [4.78, 5) is 14.3. The Labute approximate surface area is 165 Å². The smallest absolute Gasteiger partial charge is 0.226 e. The van der Waals surface area contributed by atoms with Crippen molar-refractivity contribution in [3.63, 3.8) is 0 Å². The number of rotatable bonds is 5. The maximum atomic E-state index is 12.4. The summed E-state index contributed by atoms with van der Waals surface area (Å²) in [5, 5.41) is 0.711. The average molecular weight is 395 g/mol. The van der Waals surface area contributed by atoms with Crippen molar-refractivity contribution in [2.24, 2.45) is 5.73 Å². The van der Waals surface area contributed by atoms with Crippen LogP contribution in [0.2, 0.25) is 5.02 Å². The molecule has 2 N–H and O–H groups in total. The summed E-state index contributed by atoms with van der Waals surface area (Å²) in [5.41, 5.74) is 7.91. The number of halogens is 2. The van der Waals surface area contributed by atoms with Crippen LogP contribution in [0.4, 0.5) is 0 Å². The van der Waals surface area contributed by atoms with Crippen molar-refractivity contribution in [1.82, 2.24) is 4.90 Å². The summed E-state index contributed by atoms with van der Waals surface area (Å²) in [6.45, 7) is 1.98. The van der Waals surface area contributed by atoms with E-state index in [2.05, 4.69) is 0 Å². The Bertz CT molecular complexity index is 714. The van der Waals surface area contributed by atoms with Crippen molar-refractivity contribution in [1.29, 1.82) is 0 Å². The summed E-state index contributed by atoms with van der Waals surface area (Å²) in [6.07, 6.45) is 2.17. The fourth-order valence-corrected chi connectivity index (χ4v) is 3.05. The van der Waals surface area contributed by atoms with E-state index in [9.17, 15) is 4.79 Å². The third-order valence-electron chi connectivity index (χ3n) is 4.46. The molecule has 0 bridgehead atoms. The second kappa shape index (κ2) is 9.81. The molecule has 1 aliphatic heterocycles. The molecule has 0 saturated carbocycles. The minimum atomic E-state index is 0. The summed E-state index contributed by atoms with van der Waals surface area (Å²) in [6, 6.07) is 15.5. The fourth-order valence-electron chi connectivity index (χ4n) is 2.93. The van der Waals surface area contributed by atoms with E-state index in [-0.39, 0.29) is 24.4 Å². The van der Waals surface area contributed by atoms with Gasteiger partial charge in [0, 0.05) is 24.2 Å². The molecule has 1 aliphatic rings. The lowest BCUT2D eigenvalue weighted by atomic mass is 10.0. The summed E-state index contributed by atoms with van der Waals surface area (Å²) in [7, 11) is 0. The van der Waals surface area contributed by atoms with Gasteiger partial charge in [0.05, 0.1) is 6.42 Å². The first kappa shape index (κ1) is 20.6. The SMILES string of the molecule is Cl.NC1CCN(C(=O)Cc2cccc(OCc3ccc(Cl)cc3)c2)CC1.